The van der Waals surface area contributed by atoms with E-state index in [1.807, 2.05) is 0 Å². The highest BCUT2D eigenvalue weighted by molar-refractivity contribution is 5.68. The number of aliphatic hydroxyl groups excluding tert-OH is 1. The Hall–Kier alpha value is -1.59. The molecule has 0 saturated carbocycles. The Morgan fingerprint density at radius 2 is 2.00 bits per heavy atom. The van der Waals surface area contributed by atoms with Gasteiger partial charge in [-0.3, -0.25) is 0 Å². The fourth-order valence-corrected chi connectivity index (χ4v) is 1.23. The van der Waals surface area contributed by atoms with Crippen molar-refractivity contribution in [1.29, 1.82) is 0 Å². The molecule has 0 heterocycles. The molecule has 0 amide bonds. The summed E-state index contributed by atoms with van der Waals surface area (Å²) >= 11 is 0. The van der Waals surface area contributed by atoms with Gasteiger partial charge in [-0.05, 0) is 24.1 Å². The topological polar surface area (TPSA) is 92.8 Å². The van der Waals surface area contributed by atoms with Gasteiger partial charge in [-0.1, -0.05) is 12.1 Å². The van der Waals surface area contributed by atoms with Gasteiger partial charge in [0, 0.05) is 6.04 Å². The zero-order valence-electron chi connectivity index (χ0n) is 8.80. The Bertz CT molecular complexity index is 336. The lowest BCUT2D eigenvalue weighted by atomic mass is 10.1. The van der Waals surface area contributed by atoms with E-state index in [2.05, 4.69) is 0 Å². The van der Waals surface area contributed by atoms with Crippen LogP contribution >= 0.6 is 0 Å². The molecule has 0 saturated heterocycles. The average molecular weight is 225 g/mol. The van der Waals surface area contributed by atoms with E-state index in [1.54, 1.807) is 24.3 Å². The Kier molecular flexibility index (Phi) is 4.75. The van der Waals surface area contributed by atoms with Crippen LogP contribution in [-0.4, -0.2) is 35.4 Å². The number of benzene rings is 1. The summed E-state index contributed by atoms with van der Waals surface area (Å²) < 4.78 is 4.97. The van der Waals surface area contributed by atoms with Crippen LogP contribution < -0.4 is 10.5 Å². The molecule has 0 aliphatic rings. The number of hydrogen-bond donors (Lipinski definition) is 3. The average Bonchev–Trinajstić information content (AvgIpc) is 2.28. The van der Waals surface area contributed by atoms with Crippen molar-refractivity contribution in [3.63, 3.8) is 0 Å². The van der Waals surface area contributed by atoms with Crippen LogP contribution in [0.2, 0.25) is 0 Å². The van der Waals surface area contributed by atoms with Crippen molar-refractivity contribution in [3.8, 4) is 5.75 Å². The second-order valence-electron chi connectivity index (χ2n) is 3.47. The zero-order valence-corrected chi connectivity index (χ0v) is 8.80. The molecule has 1 aromatic carbocycles. The molecule has 1 atom stereocenters. The third-order valence-corrected chi connectivity index (χ3v) is 2.02. The Morgan fingerprint density at radius 3 is 2.50 bits per heavy atom. The highest BCUT2D eigenvalue weighted by Gasteiger charge is 2.03. The van der Waals surface area contributed by atoms with Crippen molar-refractivity contribution in [2.24, 2.45) is 5.73 Å². The molecule has 0 radical (unpaired) electrons. The number of aliphatic carboxylic acids is 1. The number of rotatable bonds is 6. The Morgan fingerprint density at radius 1 is 1.38 bits per heavy atom. The SMILES string of the molecule is NC(CO)Cc1ccc(OCC(=O)O)cc1. The fraction of sp³-hybridized carbons (Fsp3) is 0.364. The first kappa shape index (κ1) is 12.5. The van der Waals surface area contributed by atoms with Crippen LogP contribution in [0.25, 0.3) is 0 Å². The number of nitrogens with two attached hydrogens (primary N) is 1. The highest BCUT2D eigenvalue weighted by Crippen LogP contribution is 2.12. The number of carbonyl (C=O) groups is 1. The van der Waals surface area contributed by atoms with E-state index < -0.39 is 5.97 Å². The van der Waals surface area contributed by atoms with Crippen molar-refractivity contribution < 1.29 is 19.7 Å². The first-order valence-electron chi connectivity index (χ1n) is 4.92. The number of carboxylic acid groups (broad SMARTS) is 1. The minimum atomic E-state index is -1.01. The molecule has 5 nitrogen and oxygen atoms in total. The molecule has 88 valence electrons. The monoisotopic (exact) mass is 225 g/mol. The molecule has 0 aliphatic heterocycles. The lowest BCUT2D eigenvalue weighted by Crippen LogP contribution is -2.26. The van der Waals surface area contributed by atoms with Crippen LogP contribution in [0.3, 0.4) is 0 Å². The molecule has 0 aliphatic carbocycles. The van der Waals surface area contributed by atoms with Gasteiger partial charge in [0.2, 0.25) is 0 Å². The smallest absolute Gasteiger partial charge is 0.341 e. The van der Waals surface area contributed by atoms with E-state index in [-0.39, 0.29) is 19.3 Å². The van der Waals surface area contributed by atoms with Crippen LogP contribution in [0, 0.1) is 0 Å². The zero-order chi connectivity index (χ0) is 12.0. The van der Waals surface area contributed by atoms with Crippen molar-refractivity contribution in [2.45, 2.75) is 12.5 Å². The molecule has 16 heavy (non-hydrogen) atoms. The summed E-state index contributed by atoms with van der Waals surface area (Å²) in [7, 11) is 0. The molecule has 4 N–H and O–H groups in total. The number of hydrogen-bond acceptors (Lipinski definition) is 4. The third-order valence-electron chi connectivity index (χ3n) is 2.02. The molecule has 0 aromatic heterocycles. The number of ether oxygens (including phenoxy) is 1. The van der Waals surface area contributed by atoms with Gasteiger partial charge in [-0.25, -0.2) is 4.79 Å². The molecule has 0 spiro atoms. The molecule has 5 heteroatoms. The number of aliphatic hydroxyl groups is 1. The van der Waals surface area contributed by atoms with Crippen LogP contribution in [0.5, 0.6) is 5.75 Å². The van der Waals surface area contributed by atoms with Crippen molar-refractivity contribution in [2.75, 3.05) is 13.2 Å². The van der Waals surface area contributed by atoms with Crippen LogP contribution in [0.15, 0.2) is 24.3 Å². The quantitative estimate of drug-likeness (QED) is 0.634. The Balaban J connectivity index is 2.50. The minimum Gasteiger partial charge on any atom is -0.482 e. The minimum absolute atomic E-state index is 0.0583. The van der Waals surface area contributed by atoms with Crippen LogP contribution in [0.1, 0.15) is 5.56 Å². The van der Waals surface area contributed by atoms with E-state index in [9.17, 15) is 4.79 Å². The van der Waals surface area contributed by atoms with Crippen molar-refractivity contribution in [1.82, 2.24) is 0 Å². The largest absolute Gasteiger partial charge is 0.482 e. The maximum absolute atomic E-state index is 10.3. The maximum atomic E-state index is 10.3. The van der Waals surface area contributed by atoms with Crippen molar-refractivity contribution >= 4 is 5.97 Å². The summed E-state index contributed by atoms with van der Waals surface area (Å²) in [6, 6.07) is 6.69. The second kappa shape index (κ2) is 6.09. The summed E-state index contributed by atoms with van der Waals surface area (Å²) in [5, 5.41) is 17.2. The molecule has 1 aromatic rings. The molecular formula is C11H15NO4. The van der Waals surface area contributed by atoms with Crippen molar-refractivity contribution in [3.05, 3.63) is 29.8 Å². The predicted molar refractivity (Wildman–Crippen MR) is 58.3 cm³/mol. The van der Waals surface area contributed by atoms with Gasteiger partial charge in [-0.2, -0.15) is 0 Å². The van der Waals surface area contributed by atoms with Crippen LogP contribution in [-0.2, 0) is 11.2 Å². The van der Waals surface area contributed by atoms with Gasteiger partial charge in [0.05, 0.1) is 6.61 Å². The fourth-order valence-electron chi connectivity index (χ4n) is 1.23. The maximum Gasteiger partial charge on any atom is 0.341 e. The molecule has 0 bridgehead atoms. The lowest BCUT2D eigenvalue weighted by Gasteiger charge is -2.08. The molecule has 1 rings (SSSR count). The van der Waals surface area contributed by atoms with Gasteiger partial charge in [0.1, 0.15) is 5.75 Å². The van der Waals surface area contributed by atoms with Gasteiger partial charge in [0.25, 0.3) is 0 Å². The normalized spacial score (nSPS) is 12.1. The molecule has 0 fully saturated rings. The van der Waals surface area contributed by atoms with E-state index in [4.69, 9.17) is 20.7 Å². The van der Waals surface area contributed by atoms with E-state index >= 15 is 0 Å². The van der Waals surface area contributed by atoms with Crippen LogP contribution in [0.4, 0.5) is 0 Å². The second-order valence-corrected chi connectivity index (χ2v) is 3.47. The predicted octanol–water partition coefficient (Wildman–Crippen LogP) is 0.0121. The van der Waals surface area contributed by atoms with Gasteiger partial charge in [0.15, 0.2) is 6.61 Å². The van der Waals surface area contributed by atoms with E-state index in [1.165, 1.54) is 0 Å². The summed E-state index contributed by atoms with van der Waals surface area (Å²) in [5.74, 6) is -0.505. The summed E-state index contributed by atoms with van der Waals surface area (Å²) in [6.07, 6.45) is 0.579. The first-order valence-corrected chi connectivity index (χ1v) is 4.92. The van der Waals surface area contributed by atoms with Gasteiger partial charge < -0.3 is 20.7 Å². The van der Waals surface area contributed by atoms with E-state index in [0.717, 1.165) is 5.56 Å². The first-order chi connectivity index (χ1) is 7.61. The lowest BCUT2D eigenvalue weighted by molar-refractivity contribution is -0.139. The molecule has 1 unspecified atom stereocenters. The third kappa shape index (κ3) is 4.29. The van der Waals surface area contributed by atoms with E-state index in [0.29, 0.717) is 12.2 Å². The summed E-state index contributed by atoms with van der Waals surface area (Å²) in [5.41, 5.74) is 6.56. The Labute approximate surface area is 93.5 Å². The van der Waals surface area contributed by atoms with Gasteiger partial charge >= 0.3 is 5.97 Å². The summed E-state index contributed by atoms with van der Waals surface area (Å²) in [4.78, 5) is 10.3. The highest BCUT2D eigenvalue weighted by atomic mass is 16.5. The number of carboxylic acids is 1. The standard InChI is InChI=1S/C11H15NO4/c12-9(6-13)5-8-1-3-10(4-2-8)16-7-11(14)15/h1-4,9,13H,5-7,12H2,(H,14,15). The molecular weight excluding hydrogens is 210 g/mol. The summed E-state index contributed by atoms with van der Waals surface area (Å²) in [6.45, 7) is -0.410. The van der Waals surface area contributed by atoms with Gasteiger partial charge in [-0.15, -0.1) is 0 Å².